The van der Waals surface area contributed by atoms with E-state index in [9.17, 15) is 9.59 Å². The van der Waals surface area contributed by atoms with Gasteiger partial charge in [-0.05, 0) is 47.2 Å². The molecule has 1 saturated heterocycles. The second-order valence-electron chi connectivity index (χ2n) is 8.66. The molecule has 5 heteroatoms. The molecule has 1 aromatic heterocycles. The van der Waals surface area contributed by atoms with E-state index in [1.807, 2.05) is 58.3 Å². The van der Waals surface area contributed by atoms with Crippen molar-refractivity contribution in [1.82, 2.24) is 14.8 Å². The quantitative estimate of drug-likeness (QED) is 0.551. The fraction of sp³-hybridized carbons (Fsp3) is 0.321. The molecule has 0 N–H and O–H groups in total. The molecule has 33 heavy (non-hydrogen) atoms. The summed E-state index contributed by atoms with van der Waals surface area (Å²) in [4.78, 5) is 34.4. The van der Waals surface area contributed by atoms with Crippen LogP contribution in [-0.2, 0) is 22.4 Å². The van der Waals surface area contributed by atoms with Crippen LogP contribution in [0.3, 0.4) is 0 Å². The summed E-state index contributed by atoms with van der Waals surface area (Å²) < 4.78 is 0. The lowest BCUT2D eigenvalue weighted by atomic mass is 9.95. The third kappa shape index (κ3) is 5.86. The highest BCUT2D eigenvalue weighted by Crippen LogP contribution is 2.23. The first-order valence-electron chi connectivity index (χ1n) is 11.7. The average molecular weight is 442 g/mol. The minimum absolute atomic E-state index is 0.0860. The van der Waals surface area contributed by atoms with Gasteiger partial charge in [-0.15, -0.1) is 0 Å². The maximum atomic E-state index is 13.4. The van der Waals surface area contributed by atoms with Gasteiger partial charge in [0.25, 0.3) is 0 Å². The Morgan fingerprint density at radius 1 is 0.939 bits per heavy atom. The number of benzene rings is 2. The van der Waals surface area contributed by atoms with Gasteiger partial charge in [0.1, 0.15) is 0 Å². The maximum absolute atomic E-state index is 13.4. The minimum atomic E-state index is -0.244. The third-order valence-electron chi connectivity index (χ3n) is 6.21. The molecule has 2 amide bonds. The molecule has 170 valence electrons. The SMILES string of the molecule is CCCN1CCN(C(=O)Cc2ccccc2)C[C@H](Cc2cccc(-c3ccncc3)c2)C1=O. The van der Waals surface area contributed by atoms with E-state index >= 15 is 0 Å². The van der Waals surface area contributed by atoms with Crippen LogP contribution in [0.15, 0.2) is 79.1 Å². The molecule has 0 bridgehead atoms. The molecule has 0 unspecified atom stereocenters. The first kappa shape index (κ1) is 22.7. The van der Waals surface area contributed by atoms with Gasteiger partial charge >= 0.3 is 0 Å². The molecule has 0 spiro atoms. The predicted octanol–water partition coefficient (Wildman–Crippen LogP) is 4.23. The summed E-state index contributed by atoms with van der Waals surface area (Å²) in [7, 11) is 0. The number of rotatable bonds is 7. The van der Waals surface area contributed by atoms with Gasteiger partial charge < -0.3 is 9.80 Å². The molecule has 2 aromatic carbocycles. The van der Waals surface area contributed by atoms with E-state index in [1.54, 1.807) is 12.4 Å². The normalized spacial score (nSPS) is 16.5. The fourth-order valence-corrected chi connectivity index (χ4v) is 4.50. The molecule has 1 fully saturated rings. The summed E-state index contributed by atoms with van der Waals surface area (Å²) in [6.07, 6.45) is 5.47. The number of nitrogens with zero attached hydrogens (tertiary/aromatic N) is 3. The average Bonchev–Trinajstić information content (AvgIpc) is 3.00. The Hall–Kier alpha value is -3.47. The summed E-state index contributed by atoms with van der Waals surface area (Å²) in [5.74, 6) is -0.00415. The van der Waals surface area contributed by atoms with E-state index in [1.165, 1.54) is 0 Å². The van der Waals surface area contributed by atoms with Crippen molar-refractivity contribution < 1.29 is 9.59 Å². The molecular weight excluding hydrogens is 410 g/mol. The Morgan fingerprint density at radius 3 is 2.45 bits per heavy atom. The van der Waals surface area contributed by atoms with Crippen molar-refractivity contribution in [1.29, 1.82) is 0 Å². The number of carbonyl (C=O) groups excluding carboxylic acids is 2. The van der Waals surface area contributed by atoms with Crippen molar-refractivity contribution in [3.8, 4) is 11.1 Å². The molecule has 5 nitrogen and oxygen atoms in total. The zero-order chi connectivity index (χ0) is 23.0. The lowest BCUT2D eigenvalue weighted by Gasteiger charge is -2.24. The van der Waals surface area contributed by atoms with Gasteiger partial charge in [0.05, 0.1) is 12.3 Å². The summed E-state index contributed by atoms with van der Waals surface area (Å²) in [6, 6.07) is 22.1. The number of amides is 2. The molecule has 2 heterocycles. The van der Waals surface area contributed by atoms with E-state index in [0.717, 1.165) is 35.2 Å². The second-order valence-corrected chi connectivity index (χ2v) is 8.66. The summed E-state index contributed by atoms with van der Waals surface area (Å²) in [5.41, 5.74) is 4.33. The zero-order valence-electron chi connectivity index (χ0n) is 19.2. The first-order chi connectivity index (χ1) is 16.1. The van der Waals surface area contributed by atoms with Crippen molar-refractivity contribution in [2.24, 2.45) is 5.92 Å². The van der Waals surface area contributed by atoms with Gasteiger partial charge in [0.2, 0.25) is 11.8 Å². The molecule has 4 rings (SSSR count). The molecule has 3 aromatic rings. The van der Waals surface area contributed by atoms with Crippen LogP contribution in [0.1, 0.15) is 24.5 Å². The molecule has 1 aliphatic rings. The Labute approximate surface area is 196 Å². The lowest BCUT2D eigenvalue weighted by molar-refractivity contribution is -0.135. The van der Waals surface area contributed by atoms with Crippen LogP contribution in [0.25, 0.3) is 11.1 Å². The van der Waals surface area contributed by atoms with Crippen LogP contribution in [0, 0.1) is 5.92 Å². The standard InChI is InChI=1S/C28H31N3O2/c1-2-15-30-16-17-31(27(32)20-22-7-4-3-5-8-22)21-26(28(30)33)19-23-9-6-10-25(18-23)24-11-13-29-14-12-24/h3-14,18,26H,2,15-17,19-21H2,1H3/t26-/m0/s1. The molecule has 0 saturated carbocycles. The number of pyridine rings is 1. The van der Waals surface area contributed by atoms with E-state index in [0.29, 0.717) is 32.5 Å². The Morgan fingerprint density at radius 2 is 1.70 bits per heavy atom. The highest BCUT2D eigenvalue weighted by molar-refractivity contribution is 5.83. The second kappa shape index (κ2) is 10.9. The third-order valence-corrected chi connectivity index (χ3v) is 6.21. The highest BCUT2D eigenvalue weighted by Gasteiger charge is 2.32. The number of carbonyl (C=O) groups is 2. The highest BCUT2D eigenvalue weighted by atomic mass is 16.2. The van der Waals surface area contributed by atoms with Crippen LogP contribution < -0.4 is 0 Å². The molecule has 1 atom stereocenters. The van der Waals surface area contributed by atoms with Gasteiger partial charge in [-0.2, -0.15) is 0 Å². The van der Waals surface area contributed by atoms with E-state index < -0.39 is 0 Å². The lowest BCUT2D eigenvalue weighted by Crippen LogP contribution is -2.38. The van der Waals surface area contributed by atoms with E-state index in [-0.39, 0.29) is 17.7 Å². The van der Waals surface area contributed by atoms with Gasteiger partial charge in [-0.25, -0.2) is 0 Å². The van der Waals surface area contributed by atoms with Crippen LogP contribution in [0.2, 0.25) is 0 Å². The Kier molecular flexibility index (Phi) is 7.51. The summed E-state index contributed by atoms with van der Waals surface area (Å²) in [6.45, 7) is 4.46. The van der Waals surface area contributed by atoms with E-state index in [4.69, 9.17) is 0 Å². The maximum Gasteiger partial charge on any atom is 0.227 e. The summed E-state index contributed by atoms with van der Waals surface area (Å²) in [5, 5.41) is 0. The van der Waals surface area contributed by atoms with E-state index in [2.05, 4.69) is 30.1 Å². The van der Waals surface area contributed by atoms with Crippen LogP contribution in [0.4, 0.5) is 0 Å². The molecule has 0 radical (unpaired) electrons. The van der Waals surface area contributed by atoms with Crippen LogP contribution >= 0.6 is 0 Å². The summed E-state index contributed by atoms with van der Waals surface area (Å²) >= 11 is 0. The van der Waals surface area contributed by atoms with Gasteiger partial charge in [-0.1, -0.05) is 61.5 Å². The topological polar surface area (TPSA) is 53.5 Å². The molecule has 0 aliphatic carbocycles. The van der Waals surface area contributed by atoms with Crippen molar-refractivity contribution in [3.63, 3.8) is 0 Å². The van der Waals surface area contributed by atoms with Crippen molar-refractivity contribution >= 4 is 11.8 Å². The molecule has 1 aliphatic heterocycles. The number of hydrogen-bond donors (Lipinski definition) is 0. The predicted molar refractivity (Wildman–Crippen MR) is 130 cm³/mol. The van der Waals surface area contributed by atoms with Gasteiger partial charge in [0, 0.05) is 38.6 Å². The van der Waals surface area contributed by atoms with Crippen LogP contribution in [-0.4, -0.2) is 52.8 Å². The first-order valence-corrected chi connectivity index (χ1v) is 11.7. The molecular formula is C28H31N3O2. The smallest absolute Gasteiger partial charge is 0.227 e. The fourth-order valence-electron chi connectivity index (χ4n) is 4.50. The monoisotopic (exact) mass is 441 g/mol. The minimum Gasteiger partial charge on any atom is -0.341 e. The number of hydrogen-bond acceptors (Lipinski definition) is 3. The van der Waals surface area contributed by atoms with Crippen LogP contribution in [0.5, 0.6) is 0 Å². The van der Waals surface area contributed by atoms with Crippen molar-refractivity contribution in [3.05, 3.63) is 90.3 Å². The largest absolute Gasteiger partial charge is 0.341 e. The van der Waals surface area contributed by atoms with Gasteiger partial charge in [-0.3, -0.25) is 14.6 Å². The van der Waals surface area contributed by atoms with Crippen molar-refractivity contribution in [2.75, 3.05) is 26.2 Å². The Balaban J connectivity index is 1.54. The number of aromatic nitrogens is 1. The Bertz CT molecular complexity index is 1070. The van der Waals surface area contributed by atoms with Gasteiger partial charge in [0.15, 0.2) is 0 Å². The van der Waals surface area contributed by atoms with Crippen molar-refractivity contribution in [2.45, 2.75) is 26.2 Å². The zero-order valence-corrected chi connectivity index (χ0v) is 19.2.